The Kier molecular flexibility index (Phi) is 7.30. The van der Waals surface area contributed by atoms with E-state index in [0.29, 0.717) is 16.7 Å². The summed E-state index contributed by atoms with van der Waals surface area (Å²) in [5.41, 5.74) is 5.75. The number of carbonyl (C=O) groups excluding carboxylic acids is 4. The highest BCUT2D eigenvalue weighted by molar-refractivity contribution is 6.09. The molecule has 4 amide bonds. The molecule has 1 aliphatic heterocycles. The minimum atomic E-state index is -1.38. The Morgan fingerprint density at radius 1 is 1.15 bits per heavy atom. The molecular weight excluding hydrogens is 438 g/mol. The van der Waals surface area contributed by atoms with Crippen molar-refractivity contribution >= 4 is 29.7 Å². The van der Waals surface area contributed by atoms with Crippen LogP contribution in [-0.4, -0.2) is 47.7 Å². The number of esters is 1. The standard InChI is InChI=1S/C24H27N5O5/c1-3-34-20(31)13-18(15-7-5-4-6-8-15)27-19(30)14-29-22(32)24(2,28-23(29)33)17-11-9-16(10-12-17)21(25)26/h4-12,18H,3,13-14H2,1-2H3,(H3,25,26)(H,27,30)(H,28,33)/t18-,24+/m0/s1. The summed E-state index contributed by atoms with van der Waals surface area (Å²) in [6, 6.07) is 13.9. The number of nitrogen functional groups attached to an aromatic ring is 1. The van der Waals surface area contributed by atoms with Crippen LogP contribution in [0.5, 0.6) is 0 Å². The summed E-state index contributed by atoms with van der Waals surface area (Å²) in [5, 5.41) is 12.8. The summed E-state index contributed by atoms with van der Waals surface area (Å²) < 4.78 is 5.00. The Balaban J connectivity index is 1.74. The van der Waals surface area contributed by atoms with Gasteiger partial charge in [0.05, 0.1) is 19.1 Å². The molecule has 3 rings (SSSR count). The van der Waals surface area contributed by atoms with Gasteiger partial charge in [0.2, 0.25) is 5.91 Å². The van der Waals surface area contributed by atoms with Gasteiger partial charge in [-0.15, -0.1) is 0 Å². The number of nitrogens with one attached hydrogen (secondary N) is 3. The van der Waals surface area contributed by atoms with E-state index in [1.54, 1.807) is 62.4 Å². The van der Waals surface area contributed by atoms with Crippen molar-refractivity contribution in [2.45, 2.75) is 31.8 Å². The average Bonchev–Trinajstić information content (AvgIpc) is 3.03. The van der Waals surface area contributed by atoms with Crippen LogP contribution in [0, 0.1) is 5.41 Å². The summed E-state index contributed by atoms with van der Waals surface area (Å²) in [4.78, 5) is 51.4. The first-order valence-corrected chi connectivity index (χ1v) is 10.7. The van der Waals surface area contributed by atoms with Crippen LogP contribution in [0.4, 0.5) is 4.79 Å². The first-order chi connectivity index (χ1) is 16.2. The number of amides is 4. The number of ether oxygens (including phenoxy) is 1. The lowest BCUT2D eigenvalue weighted by atomic mass is 9.91. The molecule has 2 atom stereocenters. The van der Waals surface area contributed by atoms with Gasteiger partial charge in [-0.2, -0.15) is 0 Å². The van der Waals surface area contributed by atoms with E-state index < -0.39 is 41.9 Å². The van der Waals surface area contributed by atoms with E-state index in [1.807, 2.05) is 6.07 Å². The van der Waals surface area contributed by atoms with E-state index in [-0.39, 0.29) is 18.9 Å². The van der Waals surface area contributed by atoms with E-state index in [1.165, 1.54) is 0 Å². The van der Waals surface area contributed by atoms with Crippen LogP contribution >= 0.6 is 0 Å². The third-order valence-electron chi connectivity index (χ3n) is 5.56. The van der Waals surface area contributed by atoms with Gasteiger partial charge >= 0.3 is 12.0 Å². The molecule has 1 fully saturated rings. The summed E-state index contributed by atoms with van der Waals surface area (Å²) in [7, 11) is 0. The maximum absolute atomic E-state index is 13.1. The number of rotatable bonds is 9. The Morgan fingerprint density at radius 3 is 2.38 bits per heavy atom. The van der Waals surface area contributed by atoms with Crippen LogP contribution in [-0.2, 0) is 24.7 Å². The van der Waals surface area contributed by atoms with Crippen LogP contribution in [0.2, 0.25) is 0 Å². The molecule has 0 spiro atoms. The van der Waals surface area contributed by atoms with Crippen molar-refractivity contribution in [3.63, 3.8) is 0 Å². The Bertz CT molecular complexity index is 1100. The largest absolute Gasteiger partial charge is 0.466 e. The van der Waals surface area contributed by atoms with Gasteiger partial charge < -0.3 is 21.1 Å². The highest BCUT2D eigenvalue weighted by Crippen LogP contribution is 2.29. The number of urea groups is 1. The third-order valence-corrected chi connectivity index (χ3v) is 5.56. The zero-order valence-corrected chi connectivity index (χ0v) is 19.0. The molecule has 34 heavy (non-hydrogen) atoms. The highest BCUT2D eigenvalue weighted by atomic mass is 16.5. The summed E-state index contributed by atoms with van der Waals surface area (Å²) in [6.45, 7) is 2.93. The van der Waals surface area contributed by atoms with Gasteiger partial charge in [0.25, 0.3) is 5.91 Å². The lowest BCUT2D eigenvalue weighted by Gasteiger charge is -2.23. The maximum Gasteiger partial charge on any atom is 0.325 e. The van der Waals surface area contributed by atoms with E-state index in [9.17, 15) is 19.2 Å². The van der Waals surface area contributed by atoms with Crippen molar-refractivity contribution in [2.24, 2.45) is 5.73 Å². The molecule has 0 saturated carbocycles. The Hall–Kier alpha value is -4.21. The maximum atomic E-state index is 13.1. The molecule has 1 heterocycles. The molecule has 0 bridgehead atoms. The second-order valence-corrected chi connectivity index (χ2v) is 7.98. The summed E-state index contributed by atoms with van der Waals surface area (Å²) in [6.07, 6.45) is -0.0933. The van der Waals surface area contributed by atoms with Crippen LogP contribution in [0.1, 0.15) is 43.0 Å². The molecule has 178 valence electrons. The molecule has 10 heteroatoms. The van der Waals surface area contributed by atoms with Gasteiger partial charge in [0, 0.05) is 5.56 Å². The molecule has 10 nitrogen and oxygen atoms in total. The molecule has 0 aromatic heterocycles. The van der Waals surface area contributed by atoms with E-state index in [4.69, 9.17) is 15.9 Å². The first kappa shape index (κ1) is 24.4. The average molecular weight is 466 g/mol. The Labute approximate surface area is 197 Å². The third kappa shape index (κ3) is 5.22. The number of benzene rings is 2. The van der Waals surface area contributed by atoms with E-state index >= 15 is 0 Å². The number of nitrogens with two attached hydrogens (primary N) is 1. The molecule has 1 saturated heterocycles. The lowest BCUT2D eigenvalue weighted by Crippen LogP contribution is -2.44. The zero-order valence-electron chi connectivity index (χ0n) is 19.0. The smallest absolute Gasteiger partial charge is 0.325 e. The van der Waals surface area contributed by atoms with Gasteiger partial charge in [0.1, 0.15) is 17.9 Å². The fourth-order valence-electron chi connectivity index (χ4n) is 3.73. The fraction of sp³-hybridized carbons (Fsp3) is 0.292. The predicted molar refractivity (Wildman–Crippen MR) is 124 cm³/mol. The second kappa shape index (κ2) is 10.2. The number of hydrogen-bond acceptors (Lipinski definition) is 6. The first-order valence-electron chi connectivity index (χ1n) is 10.7. The van der Waals surface area contributed by atoms with Gasteiger partial charge in [-0.3, -0.25) is 24.7 Å². The zero-order chi connectivity index (χ0) is 24.9. The molecule has 1 aliphatic rings. The van der Waals surface area contributed by atoms with Gasteiger partial charge in [-0.05, 0) is 25.0 Å². The molecule has 0 aliphatic carbocycles. The van der Waals surface area contributed by atoms with Crippen molar-refractivity contribution in [3.8, 4) is 0 Å². The normalized spacial score (nSPS) is 18.2. The quantitative estimate of drug-likeness (QED) is 0.191. The minimum absolute atomic E-state index is 0.0933. The molecule has 0 unspecified atom stereocenters. The van der Waals surface area contributed by atoms with Crippen molar-refractivity contribution in [3.05, 3.63) is 71.3 Å². The van der Waals surface area contributed by atoms with Crippen molar-refractivity contribution in [2.75, 3.05) is 13.2 Å². The van der Waals surface area contributed by atoms with E-state index in [2.05, 4.69) is 10.6 Å². The number of amidine groups is 1. The molecule has 5 N–H and O–H groups in total. The topological polar surface area (TPSA) is 155 Å². The monoisotopic (exact) mass is 465 g/mol. The fourth-order valence-corrected chi connectivity index (χ4v) is 3.73. The number of hydrogen-bond donors (Lipinski definition) is 4. The summed E-state index contributed by atoms with van der Waals surface area (Å²) >= 11 is 0. The number of nitrogens with zero attached hydrogens (tertiary/aromatic N) is 1. The van der Waals surface area contributed by atoms with Crippen molar-refractivity contribution in [1.82, 2.24) is 15.5 Å². The minimum Gasteiger partial charge on any atom is -0.466 e. The van der Waals surface area contributed by atoms with Crippen LogP contribution in [0.25, 0.3) is 0 Å². The second-order valence-electron chi connectivity index (χ2n) is 7.98. The van der Waals surface area contributed by atoms with Crippen LogP contribution in [0.15, 0.2) is 54.6 Å². The van der Waals surface area contributed by atoms with Crippen molar-refractivity contribution < 1.29 is 23.9 Å². The number of carbonyl (C=O) groups is 4. The van der Waals surface area contributed by atoms with Gasteiger partial charge in [-0.1, -0.05) is 54.6 Å². The Morgan fingerprint density at radius 2 is 1.79 bits per heavy atom. The predicted octanol–water partition coefficient (Wildman–Crippen LogP) is 1.55. The van der Waals surface area contributed by atoms with E-state index in [0.717, 1.165) is 4.90 Å². The summed E-state index contributed by atoms with van der Waals surface area (Å²) in [5.74, 6) is -1.79. The SMILES string of the molecule is CCOC(=O)C[C@H](NC(=O)CN1C(=O)N[C@](C)(c2ccc(C(=N)N)cc2)C1=O)c1ccccc1. The van der Waals surface area contributed by atoms with Gasteiger partial charge in [0.15, 0.2) is 0 Å². The molecule has 0 radical (unpaired) electrons. The molecule has 2 aromatic rings. The number of imide groups is 1. The molecular formula is C24H27N5O5. The van der Waals surface area contributed by atoms with Crippen LogP contribution < -0.4 is 16.4 Å². The van der Waals surface area contributed by atoms with Crippen LogP contribution in [0.3, 0.4) is 0 Å². The highest BCUT2D eigenvalue weighted by Gasteiger charge is 2.49. The molecule has 2 aromatic carbocycles. The van der Waals surface area contributed by atoms with Gasteiger partial charge in [-0.25, -0.2) is 4.79 Å². The van der Waals surface area contributed by atoms with Crippen molar-refractivity contribution in [1.29, 1.82) is 5.41 Å². The lowest BCUT2D eigenvalue weighted by molar-refractivity contribution is -0.144.